The van der Waals surface area contributed by atoms with Crippen molar-refractivity contribution in [1.82, 2.24) is 4.31 Å². The molecule has 0 bridgehead atoms. The first kappa shape index (κ1) is 11.2. The van der Waals surface area contributed by atoms with E-state index in [1.54, 1.807) is 16.4 Å². The molecule has 1 saturated carbocycles. The van der Waals surface area contributed by atoms with Crippen molar-refractivity contribution in [2.45, 2.75) is 31.1 Å². The summed E-state index contributed by atoms with van der Waals surface area (Å²) < 4.78 is 26.4. The Kier molecular flexibility index (Phi) is 2.35. The normalized spacial score (nSPS) is 23.1. The molecule has 1 heterocycles. The van der Waals surface area contributed by atoms with Crippen molar-refractivity contribution in [2.24, 2.45) is 5.41 Å². The fraction of sp³-hybridized carbons (Fsp3) is 0.538. The average molecular weight is 251 g/mol. The molecule has 1 aliphatic heterocycles. The predicted octanol–water partition coefficient (Wildman–Crippen LogP) is 2.17. The SMILES string of the molecule is Cc1ccc(S(=O)(=O)N2CCC3(CC3)C2)cc1. The molecule has 0 unspecified atom stereocenters. The number of benzene rings is 1. The molecule has 0 N–H and O–H groups in total. The molecule has 3 rings (SSSR count). The Balaban J connectivity index is 1.88. The van der Waals surface area contributed by atoms with E-state index in [2.05, 4.69) is 0 Å². The highest BCUT2D eigenvalue weighted by molar-refractivity contribution is 7.89. The summed E-state index contributed by atoms with van der Waals surface area (Å²) >= 11 is 0. The third-order valence-corrected chi connectivity index (χ3v) is 5.88. The molecular weight excluding hydrogens is 234 g/mol. The van der Waals surface area contributed by atoms with Crippen LogP contribution in [0.25, 0.3) is 0 Å². The second-order valence-electron chi connectivity index (χ2n) is 5.40. The summed E-state index contributed by atoms with van der Waals surface area (Å²) in [6.45, 7) is 3.38. The zero-order chi connectivity index (χ0) is 12.1. The van der Waals surface area contributed by atoms with E-state index in [1.165, 1.54) is 12.8 Å². The van der Waals surface area contributed by atoms with Gasteiger partial charge in [0.1, 0.15) is 0 Å². The van der Waals surface area contributed by atoms with E-state index in [-0.39, 0.29) is 0 Å². The largest absolute Gasteiger partial charge is 0.243 e. The van der Waals surface area contributed by atoms with Crippen molar-refractivity contribution in [1.29, 1.82) is 0 Å². The smallest absolute Gasteiger partial charge is 0.207 e. The summed E-state index contributed by atoms with van der Waals surface area (Å²) in [6.07, 6.45) is 3.44. The van der Waals surface area contributed by atoms with Gasteiger partial charge in [-0.25, -0.2) is 8.42 Å². The van der Waals surface area contributed by atoms with Gasteiger partial charge in [-0.3, -0.25) is 0 Å². The van der Waals surface area contributed by atoms with Gasteiger partial charge in [-0.2, -0.15) is 4.31 Å². The van der Waals surface area contributed by atoms with Gasteiger partial charge in [0.25, 0.3) is 0 Å². The highest BCUT2D eigenvalue weighted by Gasteiger charge is 2.50. The Hall–Kier alpha value is -0.870. The summed E-state index contributed by atoms with van der Waals surface area (Å²) in [7, 11) is -3.25. The number of hydrogen-bond acceptors (Lipinski definition) is 2. The first-order valence-corrected chi connectivity index (χ1v) is 7.53. The van der Waals surface area contributed by atoms with Crippen molar-refractivity contribution < 1.29 is 8.42 Å². The van der Waals surface area contributed by atoms with Gasteiger partial charge in [0.05, 0.1) is 4.90 Å². The van der Waals surface area contributed by atoms with Crippen molar-refractivity contribution >= 4 is 10.0 Å². The number of aryl methyl sites for hydroxylation is 1. The number of sulfonamides is 1. The maximum atomic E-state index is 12.4. The lowest BCUT2D eigenvalue weighted by Gasteiger charge is -2.16. The molecule has 1 aromatic carbocycles. The van der Waals surface area contributed by atoms with Crippen LogP contribution in [0.2, 0.25) is 0 Å². The second kappa shape index (κ2) is 3.56. The fourth-order valence-corrected chi connectivity index (χ4v) is 4.10. The van der Waals surface area contributed by atoms with Crippen LogP contribution in [0.15, 0.2) is 29.2 Å². The molecule has 1 aliphatic carbocycles. The second-order valence-corrected chi connectivity index (χ2v) is 7.34. The quantitative estimate of drug-likeness (QED) is 0.808. The van der Waals surface area contributed by atoms with Gasteiger partial charge < -0.3 is 0 Å². The molecule has 1 aromatic rings. The monoisotopic (exact) mass is 251 g/mol. The first-order valence-electron chi connectivity index (χ1n) is 6.09. The first-order chi connectivity index (χ1) is 8.02. The van der Waals surface area contributed by atoms with Crippen LogP contribution in [0.4, 0.5) is 0 Å². The summed E-state index contributed by atoms with van der Waals surface area (Å²) in [4.78, 5) is 0.431. The van der Waals surface area contributed by atoms with Crippen LogP contribution in [0.5, 0.6) is 0 Å². The highest BCUT2D eigenvalue weighted by atomic mass is 32.2. The van der Waals surface area contributed by atoms with Gasteiger partial charge in [0.15, 0.2) is 0 Å². The van der Waals surface area contributed by atoms with Crippen LogP contribution in [-0.2, 0) is 10.0 Å². The number of rotatable bonds is 2. The Labute approximate surface area is 102 Å². The van der Waals surface area contributed by atoms with E-state index in [1.807, 2.05) is 19.1 Å². The van der Waals surface area contributed by atoms with E-state index in [0.717, 1.165) is 18.5 Å². The minimum absolute atomic E-state index is 0.345. The Morgan fingerprint density at radius 1 is 1.12 bits per heavy atom. The van der Waals surface area contributed by atoms with Crippen LogP contribution in [0.1, 0.15) is 24.8 Å². The van der Waals surface area contributed by atoms with Crippen LogP contribution >= 0.6 is 0 Å². The van der Waals surface area contributed by atoms with E-state index in [0.29, 0.717) is 16.9 Å². The van der Waals surface area contributed by atoms with Crippen molar-refractivity contribution in [3.63, 3.8) is 0 Å². The standard InChI is InChI=1S/C13H17NO2S/c1-11-2-4-12(5-3-11)17(15,16)14-9-8-13(10-14)6-7-13/h2-5H,6-10H2,1H3. The van der Waals surface area contributed by atoms with E-state index >= 15 is 0 Å². The van der Waals surface area contributed by atoms with Crippen molar-refractivity contribution in [3.8, 4) is 0 Å². The summed E-state index contributed by atoms with van der Waals surface area (Å²) in [5, 5.41) is 0. The van der Waals surface area contributed by atoms with Gasteiger partial charge in [0.2, 0.25) is 10.0 Å². The molecule has 0 aromatic heterocycles. The van der Waals surface area contributed by atoms with Gasteiger partial charge >= 0.3 is 0 Å². The van der Waals surface area contributed by atoms with Crippen molar-refractivity contribution in [2.75, 3.05) is 13.1 Å². The summed E-state index contributed by atoms with van der Waals surface area (Å²) in [6, 6.07) is 7.14. The Morgan fingerprint density at radius 3 is 2.29 bits per heavy atom. The van der Waals surface area contributed by atoms with Crippen LogP contribution in [0, 0.1) is 12.3 Å². The minimum atomic E-state index is -3.25. The lowest BCUT2D eigenvalue weighted by atomic mass is 10.1. The minimum Gasteiger partial charge on any atom is -0.207 e. The Morgan fingerprint density at radius 2 is 1.76 bits per heavy atom. The topological polar surface area (TPSA) is 37.4 Å². The molecule has 0 atom stereocenters. The van der Waals surface area contributed by atoms with Crippen molar-refractivity contribution in [3.05, 3.63) is 29.8 Å². The lowest BCUT2D eigenvalue weighted by Crippen LogP contribution is -2.29. The molecule has 0 radical (unpaired) electrons. The molecule has 2 fully saturated rings. The maximum Gasteiger partial charge on any atom is 0.243 e. The molecule has 1 spiro atoms. The fourth-order valence-electron chi connectivity index (χ4n) is 2.54. The summed E-state index contributed by atoms with van der Waals surface area (Å²) in [5.74, 6) is 0. The van der Waals surface area contributed by atoms with Crippen LogP contribution in [0.3, 0.4) is 0 Å². The zero-order valence-electron chi connectivity index (χ0n) is 10.0. The molecule has 3 nitrogen and oxygen atoms in total. The van der Waals surface area contributed by atoms with Gasteiger partial charge in [0, 0.05) is 13.1 Å². The zero-order valence-corrected chi connectivity index (χ0v) is 10.8. The van der Waals surface area contributed by atoms with Crippen LogP contribution in [-0.4, -0.2) is 25.8 Å². The molecule has 0 amide bonds. The summed E-state index contributed by atoms with van der Waals surface area (Å²) in [5.41, 5.74) is 1.43. The van der Waals surface area contributed by atoms with E-state index < -0.39 is 10.0 Å². The molecule has 4 heteroatoms. The third kappa shape index (κ3) is 1.89. The predicted molar refractivity (Wildman–Crippen MR) is 66.2 cm³/mol. The molecule has 1 saturated heterocycles. The van der Waals surface area contributed by atoms with Gasteiger partial charge in [-0.1, -0.05) is 17.7 Å². The van der Waals surface area contributed by atoms with Crippen LogP contribution < -0.4 is 0 Å². The van der Waals surface area contributed by atoms with Gasteiger partial charge in [-0.15, -0.1) is 0 Å². The lowest BCUT2D eigenvalue weighted by molar-refractivity contribution is 0.451. The third-order valence-electron chi connectivity index (χ3n) is 4.02. The average Bonchev–Trinajstić information content (AvgIpc) is 2.88. The van der Waals surface area contributed by atoms with Gasteiger partial charge in [-0.05, 0) is 43.7 Å². The Bertz CT molecular complexity index is 529. The van der Waals surface area contributed by atoms with E-state index in [9.17, 15) is 8.42 Å². The molecular formula is C13H17NO2S. The number of hydrogen-bond donors (Lipinski definition) is 0. The number of nitrogens with zero attached hydrogens (tertiary/aromatic N) is 1. The highest BCUT2D eigenvalue weighted by Crippen LogP contribution is 2.53. The molecule has 17 heavy (non-hydrogen) atoms. The van der Waals surface area contributed by atoms with E-state index in [4.69, 9.17) is 0 Å². The molecule has 92 valence electrons. The molecule has 2 aliphatic rings. The maximum absolute atomic E-state index is 12.4.